The molecule has 1 aliphatic heterocycles. The number of amides is 2. The predicted molar refractivity (Wildman–Crippen MR) is 108 cm³/mol. The monoisotopic (exact) mass is 439 g/mol. The van der Waals surface area contributed by atoms with Gasteiger partial charge in [-0.25, -0.2) is 14.5 Å². The van der Waals surface area contributed by atoms with Gasteiger partial charge in [-0.3, -0.25) is 9.59 Å². The molecule has 3 aromatic rings. The summed E-state index contributed by atoms with van der Waals surface area (Å²) in [5.74, 6) is -2.30. The molecule has 9 heteroatoms. The molecule has 1 aromatic heterocycles. The highest BCUT2D eigenvalue weighted by atomic mass is 35.5. The Hall–Kier alpha value is -3.91. The van der Waals surface area contributed by atoms with Crippen molar-refractivity contribution in [1.82, 2.24) is 0 Å². The summed E-state index contributed by atoms with van der Waals surface area (Å²) in [6.07, 6.45) is 1.28. The van der Waals surface area contributed by atoms with Crippen molar-refractivity contribution in [3.8, 4) is 0 Å². The molecular formula is C22H14ClNO7. The maximum atomic E-state index is 12.8. The van der Waals surface area contributed by atoms with E-state index in [-0.39, 0.29) is 34.6 Å². The van der Waals surface area contributed by atoms with Crippen LogP contribution in [-0.2, 0) is 16.1 Å². The van der Waals surface area contributed by atoms with Gasteiger partial charge in [0.15, 0.2) is 12.4 Å². The number of rotatable bonds is 5. The van der Waals surface area contributed by atoms with Gasteiger partial charge < -0.3 is 13.9 Å². The molecule has 0 saturated carbocycles. The molecule has 31 heavy (non-hydrogen) atoms. The van der Waals surface area contributed by atoms with Crippen LogP contribution in [0.4, 0.5) is 5.69 Å². The van der Waals surface area contributed by atoms with Gasteiger partial charge in [-0.1, -0.05) is 11.6 Å². The van der Waals surface area contributed by atoms with Crippen molar-refractivity contribution in [1.29, 1.82) is 0 Å². The molecule has 1 aliphatic rings. The smallest absolute Gasteiger partial charge is 0.341 e. The Kier molecular flexibility index (Phi) is 5.31. The molecule has 0 aliphatic carbocycles. The lowest BCUT2D eigenvalue weighted by atomic mass is 10.1. The SMILES string of the molecule is COC(=O)c1ccoc1COC(=O)c1ccc2c(c1)C(=O)N(c1ccc(Cl)cc1)C2=O. The first-order valence-corrected chi connectivity index (χ1v) is 9.38. The van der Waals surface area contributed by atoms with Gasteiger partial charge in [0.1, 0.15) is 5.56 Å². The van der Waals surface area contributed by atoms with Crippen molar-refractivity contribution in [2.75, 3.05) is 12.0 Å². The standard InChI is InChI=1S/C22H14ClNO7/c1-29-22(28)16-8-9-30-18(16)11-31-21(27)12-2-7-15-17(10-12)20(26)24(19(15)25)14-5-3-13(23)4-6-14/h2-10H,11H2,1H3. The van der Waals surface area contributed by atoms with Crippen LogP contribution in [0.3, 0.4) is 0 Å². The van der Waals surface area contributed by atoms with Crippen molar-refractivity contribution >= 4 is 41.0 Å². The van der Waals surface area contributed by atoms with Crippen molar-refractivity contribution in [3.05, 3.63) is 87.8 Å². The second-order valence-corrected chi connectivity index (χ2v) is 6.94. The summed E-state index contributed by atoms with van der Waals surface area (Å²) in [5, 5.41) is 0.470. The fourth-order valence-corrected chi connectivity index (χ4v) is 3.28. The van der Waals surface area contributed by atoms with Gasteiger partial charge in [0.2, 0.25) is 0 Å². The van der Waals surface area contributed by atoms with E-state index in [0.717, 1.165) is 4.90 Å². The van der Waals surface area contributed by atoms with E-state index in [1.807, 2.05) is 0 Å². The average molecular weight is 440 g/mol. The van der Waals surface area contributed by atoms with Crippen LogP contribution in [0, 0.1) is 0 Å². The van der Waals surface area contributed by atoms with Gasteiger partial charge in [0, 0.05) is 5.02 Å². The zero-order valence-electron chi connectivity index (χ0n) is 16.1. The molecule has 0 unspecified atom stereocenters. The zero-order valence-corrected chi connectivity index (χ0v) is 16.8. The number of hydrogen-bond donors (Lipinski definition) is 0. The molecule has 0 bridgehead atoms. The van der Waals surface area contributed by atoms with Crippen LogP contribution in [-0.4, -0.2) is 30.9 Å². The van der Waals surface area contributed by atoms with E-state index < -0.39 is 23.8 Å². The first kappa shape index (κ1) is 20.4. The number of hydrogen-bond acceptors (Lipinski definition) is 7. The number of furan rings is 1. The normalized spacial score (nSPS) is 12.6. The van der Waals surface area contributed by atoms with Crippen LogP contribution in [0.15, 0.2) is 59.2 Å². The maximum Gasteiger partial charge on any atom is 0.341 e. The van der Waals surface area contributed by atoms with E-state index in [0.29, 0.717) is 10.7 Å². The van der Waals surface area contributed by atoms with E-state index in [9.17, 15) is 19.2 Å². The van der Waals surface area contributed by atoms with Gasteiger partial charge in [0.05, 0.1) is 35.8 Å². The van der Waals surface area contributed by atoms with Crippen LogP contribution in [0.25, 0.3) is 0 Å². The van der Waals surface area contributed by atoms with Gasteiger partial charge in [-0.15, -0.1) is 0 Å². The molecule has 0 N–H and O–H groups in total. The molecule has 156 valence electrons. The number of carbonyl (C=O) groups is 4. The fraction of sp³-hybridized carbons (Fsp3) is 0.0909. The third-order valence-corrected chi connectivity index (χ3v) is 4.94. The molecule has 2 aromatic carbocycles. The average Bonchev–Trinajstić information content (AvgIpc) is 3.35. The minimum Gasteiger partial charge on any atom is -0.465 e. The fourth-order valence-electron chi connectivity index (χ4n) is 3.15. The summed E-state index contributed by atoms with van der Waals surface area (Å²) in [6, 6.07) is 11.7. The third kappa shape index (κ3) is 3.69. The highest BCUT2D eigenvalue weighted by Crippen LogP contribution is 2.30. The summed E-state index contributed by atoms with van der Waals surface area (Å²) >= 11 is 5.87. The number of imide groups is 1. The van der Waals surface area contributed by atoms with E-state index in [1.54, 1.807) is 24.3 Å². The number of halogens is 1. The lowest BCUT2D eigenvalue weighted by Gasteiger charge is -2.13. The Morgan fingerprint density at radius 3 is 2.39 bits per heavy atom. The number of benzene rings is 2. The second-order valence-electron chi connectivity index (χ2n) is 6.51. The highest BCUT2D eigenvalue weighted by molar-refractivity contribution is 6.35. The lowest BCUT2D eigenvalue weighted by molar-refractivity contribution is 0.0432. The molecule has 0 saturated heterocycles. The van der Waals surface area contributed by atoms with E-state index >= 15 is 0 Å². The van der Waals surface area contributed by atoms with Crippen LogP contribution >= 0.6 is 11.6 Å². The number of esters is 2. The molecular weight excluding hydrogens is 426 g/mol. The van der Waals surface area contributed by atoms with Crippen molar-refractivity contribution in [2.24, 2.45) is 0 Å². The third-order valence-electron chi connectivity index (χ3n) is 4.69. The van der Waals surface area contributed by atoms with Gasteiger partial charge in [0.25, 0.3) is 11.8 Å². The Bertz CT molecular complexity index is 1210. The predicted octanol–water partition coefficient (Wildman–Crippen LogP) is 3.88. The molecule has 4 rings (SSSR count). The second kappa shape index (κ2) is 8.08. The first-order chi connectivity index (χ1) is 14.9. The minimum absolute atomic E-state index is 0.0732. The number of methoxy groups -OCH3 is 1. The Balaban J connectivity index is 1.53. The van der Waals surface area contributed by atoms with Crippen molar-refractivity contribution < 1.29 is 33.1 Å². The van der Waals surface area contributed by atoms with Crippen LogP contribution in [0.1, 0.15) is 47.2 Å². The topological polar surface area (TPSA) is 103 Å². The quantitative estimate of drug-likeness (QED) is 0.439. The number of fused-ring (bicyclic) bond motifs is 1. The molecule has 0 spiro atoms. The zero-order chi connectivity index (χ0) is 22.1. The molecule has 0 fully saturated rings. The largest absolute Gasteiger partial charge is 0.465 e. The van der Waals surface area contributed by atoms with Crippen LogP contribution < -0.4 is 4.90 Å². The van der Waals surface area contributed by atoms with Gasteiger partial charge in [-0.2, -0.15) is 0 Å². The van der Waals surface area contributed by atoms with Crippen molar-refractivity contribution in [2.45, 2.75) is 6.61 Å². The highest BCUT2D eigenvalue weighted by Gasteiger charge is 2.37. The van der Waals surface area contributed by atoms with Gasteiger partial charge >= 0.3 is 11.9 Å². The molecule has 8 nitrogen and oxygen atoms in total. The van der Waals surface area contributed by atoms with Crippen molar-refractivity contribution in [3.63, 3.8) is 0 Å². The number of carbonyl (C=O) groups excluding carboxylic acids is 4. The first-order valence-electron chi connectivity index (χ1n) is 9.01. The molecule has 0 atom stereocenters. The summed E-state index contributed by atoms with van der Waals surface area (Å²) < 4.78 is 15.0. The van der Waals surface area contributed by atoms with E-state index in [2.05, 4.69) is 4.74 Å². The molecule has 2 amide bonds. The van der Waals surface area contributed by atoms with Gasteiger partial charge in [-0.05, 0) is 48.5 Å². The Morgan fingerprint density at radius 2 is 1.68 bits per heavy atom. The maximum absolute atomic E-state index is 12.8. The van der Waals surface area contributed by atoms with Crippen LogP contribution in [0.2, 0.25) is 5.02 Å². The number of anilines is 1. The van der Waals surface area contributed by atoms with E-state index in [1.165, 1.54) is 37.6 Å². The lowest BCUT2D eigenvalue weighted by Crippen LogP contribution is -2.29. The Labute approximate surface area is 180 Å². The van der Waals surface area contributed by atoms with E-state index in [4.69, 9.17) is 20.8 Å². The summed E-state index contributed by atoms with van der Waals surface area (Å²) in [6.45, 7) is -0.308. The Morgan fingerprint density at radius 1 is 0.968 bits per heavy atom. The summed E-state index contributed by atoms with van der Waals surface area (Å²) in [4.78, 5) is 50.6. The van der Waals surface area contributed by atoms with Crippen LogP contribution in [0.5, 0.6) is 0 Å². The number of nitrogens with zero attached hydrogens (tertiary/aromatic N) is 1. The molecule has 0 radical (unpaired) electrons. The summed E-state index contributed by atoms with van der Waals surface area (Å²) in [7, 11) is 1.22. The molecule has 2 heterocycles. The number of ether oxygens (including phenoxy) is 2. The summed E-state index contributed by atoms with van der Waals surface area (Å²) in [5.41, 5.74) is 0.846. The minimum atomic E-state index is -0.750.